The number of halogens is 1. The molecule has 1 N–H and O–H groups in total. The Morgan fingerprint density at radius 3 is 2.67 bits per heavy atom. The van der Waals surface area contributed by atoms with Gasteiger partial charge in [0.2, 0.25) is 17.2 Å². The Kier molecular flexibility index (Phi) is 3.87. The Balaban J connectivity index is 2.23. The van der Waals surface area contributed by atoms with Crippen molar-refractivity contribution >= 4 is 23.5 Å². The third-order valence-electron chi connectivity index (χ3n) is 3.13. The summed E-state index contributed by atoms with van der Waals surface area (Å²) in [6.07, 6.45) is 0.480. The van der Waals surface area contributed by atoms with Gasteiger partial charge in [-0.25, -0.2) is 0 Å². The fourth-order valence-corrected chi connectivity index (χ4v) is 2.14. The molecule has 0 saturated carbocycles. The van der Waals surface area contributed by atoms with E-state index in [0.29, 0.717) is 11.9 Å². The van der Waals surface area contributed by atoms with Gasteiger partial charge in [-0.3, -0.25) is 0 Å². The number of hydrogen-bond donors (Lipinski definition) is 1. The monoisotopic (exact) mass is 271 g/mol. The molecule has 18 heavy (non-hydrogen) atoms. The first-order chi connectivity index (χ1) is 8.47. The summed E-state index contributed by atoms with van der Waals surface area (Å²) in [7, 11) is 3.72. The van der Waals surface area contributed by atoms with Crippen molar-refractivity contribution in [3.05, 3.63) is 5.28 Å². The Hall–Kier alpha value is -1.14. The molecule has 0 amide bonds. The summed E-state index contributed by atoms with van der Waals surface area (Å²) in [5.41, 5.74) is 0. The second kappa shape index (κ2) is 5.24. The molecular weight excluding hydrogens is 254 g/mol. The first-order valence-corrected chi connectivity index (χ1v) is 6.37. The topological polar surface area (TPSA) is 65.4 Å². The van der Waals surface area contributed by atoms with E-state index in [9.17, 15) is 5.11 Å². The van der Waals surface area contributed by atoms with E-state index in [-0.39, 0.29) is 17.3 Å². The van der Waals surface area contributed by atoms with E-state index in [1.807, 2.05) is 25.9 Å². The van der Waals surface area contributed by atoms with Gasteiger partial charge in [-0.05, 0) is 23.9 Å². The Labute approximate surface area is 112 Å². The van der Waals surface area contributed by atoms with Crippen LogP contribution in [0, 0.1) is 5.92 Å². The van der Waals surface area contributed by atoms with Gasteiger partial charge in [0, 0.05) is 27.2 Å². The lowest BCUT2D eigenvalue weighted by molar-refractivity contribution is 0.0966. The van der Waals surface area contributed by atoms with E-state index in [1.165, 1.54) is 0 Å². The minimum Gasteiger partial charge on any atom is -0.393 e. The van der Waals surface area contributed by atoms with Crippen LogP contribution in [0.3, 0.4) is 0 Å². The summed E-state index contributed by atoms with van der Waals surface area (Å²) >= 11 is 5.91. The van der Waals surface area contributed by atoms with E-state index in [4.69, 9.17) is 11.6 Å². The third-order valence-corrected chi connectivity index (χ3v) is 3.30. The van der Waals surface area contributed by atoms with Crippen LogP contribution >= 0.6 is 11.6 Å². The van der Waals surface area contributed by atoms with E-state index >= 15 is 0 Å². The second-order valence-electron chi connectivity index (χ2n) is 4.88. The van der Waals surface area contributed by atoms with Gasteiger partial charge < -0.3 is 14.9 Å². The molecular formula is C11H18ClN5O. The molecule has 1 aliphatic rings. The number of hydrogen-bond acceptors (Lipinski definition) is 6. The highest BCUT2D eigenvalue weighted by Gasteiger charge is 2.26. The maximum absolute atomic E-state index is 9.73. The van der Waals surface area contributed by atoms with E-state index in [1.54, 1.807) is 4.90 Å². The van der Waals surface area contributed by atoms with Crippen LogP contribution in [0.1, 0.15) is 13.3 Å². The largest absolute Gasteiger partial charge is 0.393 e. The summed E-state index contributed by atoms with van der Waals surface area (Å²) in [6.45, 7) is 3.49. The van der Waals surface area contributed by atoms with Crippen LogP contribution in [0.4, 0.5) is 11.9 Å². The number of aliphatic hydroxyl groups excluding tert-OH is 1. The van der Waals surface area contributed by atoms with Gasteiger partial charge in [0.05, 0.1) is 6.10 Å². The number of rotatable bonds is 2. The van der Waals surface area contributed by atoms with Gasteiger partial charge in [0.25, 0.3) is 0 Å². The molecule has 0 spiro atoms. The van der Waals surface area contributed by atoms with E-state index < -0.39 is 0 Å². The summed E-state index contributed by atoms with van der Waals surface area (Å²) in [5, 5.41) is 9.92. The van der Waals surface area contributed by atoms with E-state index in [0.717, 1.165) is 19.5 Å². The summed E-state index contributed by atoms with van der Waals surface area (Å²) in [6, 6.07) is 0. The molecule has 0 bridgehead atoms. The lowest BCUT2D eigenvalue weighted by atomic mass is 9.97. The van der Waals surface area contributed by atoms with Crippen molar-refractivity contribution in [1.29, 1.82) is 0 Å². The quantitative estimate of drug-likeness (QED) is 0.858. The molecule has 1 aliphatic heterocycles. The normalized spacial score (nSPS) is 24.2. The minimum atomic E-state index is -0.244. The first-order valence-electron chi connectivity index (χ1n) is 5.99. The summed E-state index contributed by atoms with van der Waals surface area (Å²) in [4.78, 5) is 16.4. The van der Waals surface area contributed by atoms with Crippen LogP contribution in [0.25, 0.3) is 0 Å². The molecule has 6 nitrogen and oxygen atoms in total. The van der Waals surface area contributed by atoms with Crippen LogP contribution in [0.5, 0.6) is 0 Å². The minimum absolute atomic E-state index is 0.197. The van der Waals surface area contributed by atoms with Crippen molar-refractivity contribution < 1.29 is 5.11 Å². The van der Waals surface area contributed by atoms with Crippen molar-refractivity contribution in [3.8, 4) is 0 Å². The molecule has 1 aromatic rings. The SMILES string of the molecule is CC1CN(c2nc(Cl)nc(N(C)C)n2)CCC1O. The molecule has 100 valence electrons. The van der Waals surface area contributed by atoms with Crippen molar-refractivity contribution in [2.45, 2.75) is 19.4 Å². The van der Waals surface area contributed by atoms with Crippen molar-refractivity contribution in [2.75, 3.05) is 37.0 Å². The number of piperidine rings is 1. The highest BCUT2D eigenvalue weighted by molar-refractivity contribution is 6.28. The molecule has 0 aromatic carbocycles. The lowest BCUT2D eigenvalue weighted by Crippen LogP contribution is -2.42. The van der Waals surface area contributed by atoms with Crippen LogP contribution in [0.2, 0.25) is 5.28 Å². The average Bonchev–Trinajstić information content (AvgIpc) is 2.31. The first kappa shape index (κ1) is 13.3. The second-order valence-corrected chi connectivity index (χ2v) is 5.22. The Morgan fingerprint density at radius 1 is 1.33 bits per heavy atom. The number of aromatic nitrogens is 3. The molecule has 0 radical (unpaired) electrons. The predicted molar refractivity (Wildman–Crippen MR) is 71.2 cm³/mol. The van der Waals surface area contributed by atoms with Crippen LogP contribution in [0.15, 0.2) is 0 Å². The number of nitrogens with zero attached hydrogens (tertiary/aromatic N) is 5. The van der Waals surface area contributed by atoms with Crippen molar-refractivity contribution in [1.82, 2.24) is 15.0 Å². The highest BCUT2D eigenvalue weighted by Crippen LogP contribution is 2.22. The molecule has 1 aromatic heterocycles. The average molecular weight is 272 g/mol. The van der Waals surface area contributed by atoms with Gasteiger partial charge in [0.15, 0.2) is 0 Å². The van der Waals surface area contributed by atoms with Crippen molar-refractivity contribution in [3.63, 3.8) is 0 Å². The van der Waals surface area contributed by atoms with Gasteiger partial charge >= 0.3 is 0 Å². The lowest BCUT2D eigenvalue weighted by Gasteiger charge is -2.34. The zero-order valence-electron chi connectivity index (χ0n) is 10.8. The zero-order chi connectivity index (χ0) is 13.3. The number of aliphatic hydroxyl groups is 1. The molecule has 2 unspecified atom stereocenters. The summed E-state index contributed by atoms with van der Waals surface area (Å²) in [5.74, 6) is 1.33. The van der Waals surface area contributed by atoms with Crippen molar-refractivity contribution in [2.24, 2.45) is 5.92 Å². The molecule has 7 heteroatoms. The van der Waals surface area contributed by atoms with Gasteiger partial charge in [-0.1, -0.05) is 6.92 Å². The van der Waals surface area contributed by atoms with Crippen LogP contribution < -0.4 is 9.80 Å². The number of anilines is 2. The third kappa shape index (κ3) is 2.81. The van der Waals surface area contributed by atoms with Gasteiger partial charge in [-0.2, -0.15) is 15.0 Å². The fourth-order valence-electron chi connectivity index (χ4n) is 1.99. The zero-order valence-corrected chi connectivity index (χ0v) is 11.6. The molecule has 2 atom stereocenters. The van der Waals surface area contributed by atoms with Gasteiger partial charge in [0.1, 0.15) is 0 Å². The van der Waals surface area contributed by atoms with Gasteiger partial charge in [-0.15, -0.1) is 0 Å². The molecule has 0 aliphatic carbocycles. The predicted octanol–water partition coefficient (Wildman–Crippen LogP) is 0.798. The highest BCUT2D eigenvalue weighted by atomic mass is 35.5. The maximum atomic E-state index is 9.73. The maximum Gasteiger partial charge on any atom is 0.231 e. The smallest absolute Gasteiger partial charge is 0.231 e. The molecule has 1 fully saturated rings. The Morgan fingerprint density at radius 2 is 2.06 bits per heavy atom. The molecule has 2 heterocycles. The van der Waals surface area contributed by atoms with E-state index in [2.05, 4.69) is 15.0 Å². The summed E-state index contributed by atoms with van der Waals surface area (Å²) < 4.78 is 0. The van der Waals surface area contributed by atoms with Crippen LogP contribution in [-0.4, -0.2) is 53.3 Å². The standard InChI is InChI=1S/C11H18ClN5O/c1-7-6-17(5-4-8(7)18)11-14-9(12)13-10(15-11)16(2)3/h7-8,18H,4-6H2,1-3H3. The fraction of sp³-hybridized carbons (Fsp3) is 0.727. The van der Waals surface area contributed by atoms with Crippen LogP contribution in [-0.2, 0) is 0 Å². The molecule has 2 rings (SSSR count). The molecule has 1 saturated heterocycles. The Bertz CT molecular complexity index is 428.